The van der Waals surface area contributed by atoms with Crippen molar-refractivity contribution in [2.24, 2.45) is 5.92 Å². The molecule has 2 heteroatoms. The summed E-state index contributed by atoms with van der Waals surface area (Å²) in [4.78, 5) is 0. The van der Waals surface area contributed by atoms with Gasteiger partial charge in [-0.3, -0.25) is 0 Å². The van der Waals surface area contributed by atoms with Crippen molar-refractivity contribution in [2.75, 3.05) is 0 Å². The molecule has 17 heavy (non-hydrogen) atoms. The van der Waals surface area contributed by atoms with Crippen LogP contribution in [-0.4, -0.2) is 12.4 Å². The fraction of sp³-hybridized carbons (Fsp3) is 0.667. The van der Waals surface area contributed by atoms with Gasteiger partial charge in [0.25, 0.3) is 0 Å². The molecule has 1 rings (SSSR count). The number of hydrogen-bond donors (Lipinski definition) is 0. The SMILES string of the molecule is C=[Si](C)[Ti]([C]1=C(C)C(C)=C(C)C1C)[C](C)(C)C. The average molecular weight is 283 g/mol. The van der Waals surface area contributed by atoms with Crippen LogP contribution >= 0.6 is 0 Å². The Balaban J connectivity index is 3.30. The zero-order chi connectivity index (χ0) is 13.5. The third kappa shape index (κ3) is 2.83. The number of allylic oxidation sites excluding steroid dienone is 4. The number of hydrogen-bond acceptors (Lipinski definition) is 0. The van der Waals surface area contributed by atoms with E-state index in [-0.39, 0.29) is 0 Å². The summed E-state index contributed by atoms with van der Waals surface area (Å²) in [5.41, 5.74) is 4.79. The standard InChI is InChI=1S/C9H13.C4H9.C2H5Si.Ti/c1-6-5-7(2)9(4)8(6)3;1-4(2)3;1-3-2;/h6H,1-4H3;1-3H3;1H2,2H3;. The van der Waals surface area contributed by atoms with Gasteiger partial charge in [0.1, 0.15) is 0 Å². The first-order valence-corrected chi connectivity index (χ1v) is 12.6. The van der Waals surface area contributed by atoms with Crippen LogP contribution in [0.4, 0.5) is 0 Å². The van der Waals surface area contributed by atoms with Gasteiger partial charge in [-0.25, -0.2) is 0 Å². The van der Waals surface area contributed by atoms with Gasteiger partial charge in [-0.2, -0.15) is 0 Å². The van der Waals surface area contributed by atoms with E-state index in [0.717, 1.165) is 0 Å². The summed E-state index contributed by atoms with van der Waals surface area (Å²) < 4.78 is 2.35. The van der Waals surface area contributed by atoms with Gasteiger partial charge in [-0.05, 0) is 0 Å². The van der Waals surface area contributed by atoms with E-state index in [1.807, 2.05) is 3.88 Å². The summed E-state index contributed by atoms with van der Waals surface area (Å²) in [7, 11) is 0. The molecule has 95 valence electrons. The zero-order valence-corrected chi connectivity index (χ0v) is 15.3. The Morgan fingerprint density at radius 3 is 1.82 bits per heavy atom. The first kappa shape index (κ1) is 15.3. The van der Waals surface area contributed by atoms with Gasteiger partial charge in [0, 0.05) is 0 Å². The van der Waals surface area contributed by atoms with E-state index in [1.54, 1.807) is 16.7 Å². The second kappa shape index (κ2) is 5.11. The van der Waals surface area contributed by atoms with Gasteiger partial charge < -0.3 is 0 Å². The van der Waals surface area contributed by atoms with Crippen molar-refractivity contribution in [3.63, 3.8) is 0 Å². The van der Waals surface area contributed by atoms with Crippen LogP contribution in [0.1, 0.15) is 48.5 Å². The van der Waals surface area contributed by atoms with E-state index >= 15 is 0 Å². The van der Waals surface area contributed by atoms with Crippen molar-refractivity contribution in [3.05, 3.63) is 20.6 Å². The molecule has 0 nitrogen and oxygen atoms in total. The molecule has 1 aliphatic carbocycles. The summed E-state index contributed by atoms with van der Waals surface area (Å²) in [5, 5.41) is 0. The van der Waals surface area contributed by atoms with Gasteiger partial charge in [0.2, 0.25) is 0 Å². The molecule has 0 saturated heterocycles. The molecule has 1 atom stereocenters. The molecule has 0 saturated carbocycles. The van der Waals surface area contributed by atoms with Crippen LogP contribution in [0.5, 0.6) is 0 Å². The van der Waals surface area contributed by atoms with E-state index in [0.29, 0.717) is 9.64 Å². The Kier molecular flexibility index (Phi) is 4.61. The Morgan fingerprint density at radius 1 is 1.12 bits per heavy atom. The van der Waals surface area contributed by atoms with E-state index in [1.165, 1.54) is 0 Å². The molecule has 0 spiro atoms. The molecule has 0 fully saturated rings. The third-order valence-corrected chi connectivity index (χ3v) is 17.6. The maximum atomic E-state index is 4.49. The molecule has 0 radical (unpaired) electrons. The van der Waals surface area contributed by atoms with E-state index in [4.69, 9.17) is 0 Å². The minimum atomic E-state index is -1.23. The van der Waals surface area contributed by atoms with Gasteiger partial charge >= 0.3 is 115 Å². The topological polar surface area (TPSA) is 0 Å². The Morgan fingerprint density at radius 2 is 1.59 bits per heavy atom. The van der Waals surface area contributed by atoms with Gasteiger partial charge in [-0.1, -0.05) is 0 Å². The molecule has 0 heterocycles. The molecule has 0 aromatic carbocycles. The van der Waals surface area contributed by atoms with Crippen LogP contribution in [0.15, 0.2) is 20.6 Å². The second-order valence-corrected chi connectivity index (χ2v) is 18.4. The minimum absolute atomic E-state index is 0.393. The summed E-state index contributed by atoms with van der Waals surface area (Å²) in [5.74, 6) is 0.700. The average Bonchev–Trinajstić information content (AvgIpc) is 2.33. The van der Waals surface area contributed by atoms with Crippen molar-refractivity contribution >= 4 is 12.4 Å². The molecule has 1 aliphatic rings. The van der Waals surface area contributed by atoms with Crippen molar-refractivity contribution in [1.29, 1.82) is 0 Å². The van der Waals surface area contributed by atoms with Gasteiger partial charge in [0.15, 0.2) is 0 Å². The fourth-order valence-electron chi connectivity index (χ4n) is 3.04. The second-order valence-electron chi connectivity index (χ2n) is 6.47. The van der Waals surface area contributed by atoms with Gasteiger partial charge in [0.05, 0.1) is 0 Å². The molecular formula is C15H27SiTi. The summed E-state index contributed by atoms with van der Waals surface area (Å²) in [6.07, 6.45) is 4.10. The van der Waals surface area contributed by atoms with Crippen molar-refractivity contribution in [1.82, 2.24) is 0 Å². The predicted molar refractivity (Wildman–Crippen MR) is 78.7 cm³/mol. The molecule has 0 aliphatic heterocycles. The monoisotopic (exact) mass is 283 g/mol. The van der Waals surface area contributed by atoms with Crippen LogP contribution in [0.2, 0.25) is 10.3 Å². The normalized spacial score (nSPS) is 21.3. The van der Waals surface area contributed by atoms with Crippen LogP contribution in [0.25, 0.3) is 0 Å². The van der Waals surface area contributed by atoms with E-state index in [9.17, 15) is 0 Å². The van der Waals surface area contributed by atoms with Gasteiger partial charge in [-0.15, -0.1) is 0 Å². The third-order valence-electron chi connectivity index (χ3n) is 4.09. The first-order chi connectivity index (χ1) is 7.59. The summed E-state index contributed by atoms with van der Waals surface area (Å²) >= 11 is -1.23. The number of rotatable bonds is 2. The van der Waals surface area contributed by atoms with Crippen LogP contribution in [0, 0.1) is 5.92 Å². The molecule has 0 bridgehead atoms. The molecule has 0 amide bonds. The van der Waals surface area contributed by atoms with Crippen molar-refractivity contribution in [3.8, 4) is 0 Å². The Bertz CT molecular complexity index is 407. The Labute approximate surface area is 114 Å². The first-order valence-electron chi connectivity index (χ1n) is 6.51. The Hall–Kier alpha value is 0.281. The van der Waals surface area contributed by atoms with Crippen LogP contribution in [-0.2, 0) is 17.1 Å². The molecular weight excluding hydrogens is 256 g/mol. The molecule has 0 aromatic heterocycles. The quantitative estimate of drug-likeness (QED) is 0.643. The fourth-order valence-corrected chi connectivity index (χ4v) is 17.8. The molecule has 0 aromatic rings. The predicted octanol–water partition coefficient (Wildman–Crippen LogP) is 4.72. The molecule has 1 unspecified atom stereocenters. The van der Waals surface area contributed by atoms with E-state index < -0.39 is 23.4 Å². The summed E-state index contributed by atoms with van der Waals surface area (Å²) in [6.45, 7) is 19.1. The zero-order valence-electron chi connectivity index (χ0n) is 12.8. The van der Waals surface area contributed by atoms with E-state index in [2.05, 4.69) is 61.2 Å². The van der Waals surface area contributed by atoms with Crippen molar-refractivity contribution in [2.45, 2.75) is 58.7 Å². The molecule has 0 N–H and O–H groups in total. The van der Waals surface area contributed by atoms with Crippen LogP contribution in [0.3, 0.4) is 0 Å². The van der Waals surface area contributed by atoms with Crippen LogP contribution < -0.4 is 0 Å². The maximum absolute atomic E-state index is 4.49. The summed E-state index contributed by atoms with van der Waals surface area (Å²) in [6, 6.07) is 0. The van der Waals surface area contributed by atoms with Crippen molar-refractivity contribution < 1.29 is 17.1 Å².